The van der Waals surface area contributed by atoms with Gasteiger partial charge in [-0.15, -0.1) is 0 Å². The van der Waals surface area contributed by atoms with Crippen molar-refractivity contribution in [2.24, 2.45) is 17.0 Å². The van der Waals surface area contributed by atoms with Crippen molar-refractivity contribution in [2.45, 2.75) is 60.4 Å². The Bertz CT molecular complexity index is 2220. The monoisotopic (exact) mass is 858 g/mol. The minimum Gasteiger partial charge on any atom is -0.475 e. The van der Waals surface area contributed by atoms with Crippen LogP contribution in [0.2, 0.25) is 0 Å². The highest BCUT2D eigenvalue weighted by molar-refractivity contribution is 7.89. The summed E-state index contributed by atoms with van der Waals surface area (Å²) in [7, 11) is -8.43. The zero-order valence-electron chi connectivity index (χ0n) is 29.3. The van der Waals surface area contributed by atoms with Crippen LogP contribution in [-0.4, -0.2) is 63.7 Å². The van der Waals surface area contributed by atoms with Crippen LogP contribution in [0.5, 0.6) is 0 Å². The van der Waals surface area contributed by atoms with E-state index in [1.165, 1.54) is 12.1 Å². The molecule has 5 rings (SSSR count). The molecule has 12 nitrogen and oxygen atoms in total. The molecule has 0 bridgehead atoms. The quantitative estimate of drug-likeness (QED) is 0.0947. The van der Waals surface area contributed by atoms with Crippen molar-refractivity contribution in [2.75, 3.05) is 30.3 Å². The molecule has 0 radical (unpaired) electrons. The van der Waals surface area contributed by atoms with Crippen molar-refractivity contribution in [3.05, 3.63) is 83.4 Å². The second-order valence-electron chi connectivity index (χ2n) is 12.9. The molecule has 0 atom stereocenters. The molecule has 6 N–H and O–H groups in total. The van der Waals surface area contributed by atoms with Crippen LogP contribution in [0.3, 0.4) is 0 Å². The summed E-state index contributed by atoms with van der Waals surface area (Å²) in [6, 6.07) is 14.1. The summed E-state index contributed by atoms with van der Waals surface area (Å²) in [5, 5.41) is 19.7. The van der Waals surface area contributed by atoms with E-state index in [0.717, 1.165) is 10.9 Å². The molecule has 1 aliphatic carbocycles. The summed E-state index contributed by atoms with van der Waals surface area (Å²) in [4.78, 5) is 17.1. The molecule has 1 aliphatic rings. The van der Waals surface area contributed by atoms with Gasteiger partial charge >= 0.3 is 24.5 Å². The molecule has 23 heteroatoms. The normalized spacial score (nSPS) is 16.7. The van der Waals surface area contributed by atoms with E-state index in [2.05, 4.69) is 25.3 Å². The van der Waals surface area contributed by atoms with E-state index in [0.29, 0.717) is 62.5 Å². The highest BCUT2D eigenvalue weighted by atomic mass is 32.2. The summed E-state index contributed by atoms with van der Waals surface area (Å²) in [5.41, 5.74) is -1.79. The fourth-order valence-electron chi connectivity index (χ4n) is 5.73. The van der Waals surface area contributed by atoms with Gasteiger partial charge in [-0.05, 0) is 92.0 Å². The van der Waals surface area contributed by atoms with E-state index in [4.69, 9.17) is 15.0 Å². The first-order valence-electron chi connectivity index (χ1n) is 16.8. The Morgan fingerprint density at radius 1 is 0.737 bits per heavy atom. The third-order valence-electron chi connectivity index (χ3n) is 8.75. The number of fused-ring (bicyclic) bond motifs is 1. The van der Waals surface area contributed by atoms with Gasteiger partial charge < -0.3 is 15.7 Å². The van der Waals surface area contributed by atoms with Gasteiger partial charge in [-0.25, -0.2) is 36.5 Å². The van der Waals surface area contributed by atoms with Crippen LogP contribution in [0.15, 0.2) is 76.5 Å². The number of carboxylic acids is 1. The summed E-state index contributed by atoms with van der Waals surface area (Å²) < 4.78 is 162. The van der Waals surface area contributed by atoms with Crippen molar-refractivity contribution in [3.8, 4) is 0 Å². The standard InChI is InChI=1S/C32H34F6N6O4S2.C2HF3O2/c33-31(34,35)23-15-24(32(36,37)38)17-26(16-23)50(47,48)42-19-22-7-5-21(6-8-22)18-41-30-43-28-4-2-1-3-27(28)29(44-30)40-14-13-20-9-11-25(12-10-20)49(39,45)46;3-2(4,5)1(6)7/h1-4,9-12,15-17,21-22,42H,5-8,13-14,18-19H2,(H2,39,45,46)(H2,40,41,43,44);(H,6,7). The lowest BCUT2D eigenvalue weighted by Crippen LogP contribution is -2.32. The number of hydrogen-bond acceptors (Lipinski definition) is 9. The molecule has 0 amide bonds. The van der Waals surface area contributed by atoms with Crippen molar-refractivity contribution < 1.29 is 66.3 Å². The first-order chi connectivity index (χ1) is 26.3. The van der Waals surface area contributed by atoms with Crippen molar-refractivity contribution in [1.29, 1.82) is 0 Å². The number of carboxylic acid groups (broad SMARTS) is 1. The number of benzene rings is 3. The summed E-state index contributed by atoms with van der Waals surface area (Å²) >= 11 is 0. The number of hydrogen-bond donors (Lipinski definition) is 5. The number of aliphatic carboxylic acids is 1. The first-order valence-corrected chi connectivity index (χ1v) is 19.8. The highest BCUT2D eigenvalue weighted by Crippen LogP contribution is 2.37. The van der Waals surface area contributed by atoms with Gasteiger partial charge in [0.1, 0.15) is 5.82 Å². The molecule has 1 fully saturated rings. The minimum absolute atomic E-state index is 0.0322. The number of primary sulfonamides is 1. The number of nitrogens with two attached hydrogens (primary N) is 1. The van der Waals surface area contributed by atoms with Gasteiger partial charge in [0, 0.05) is 25.0 Å². The fourth-order valence-corrected chi connectivity index (χ4v) is 7.43. The maximum Gasteiger partial charge on any atom is 0.490 e. The Hall–Kier alpha value is -4.74. The zero-order chi connectivity index (χ0) is 42.4. The van der Waals surface area contributed by atoms with Crippen LogP contribution in [0, 0.1) is 11.8 Å². The van der Waals surface area contributed by atoms with Crippen molar-refractivity contribution in [1.82, 2.24) is 14.7 Å². The summed E-state index contributed by atoms with van der Waals surface area (Å²) in [5.74, 6) is -1.71. The lowest BCUT2D eigenvalue weighted by molar-refractivity contribution is -0.192. The number of sulfonamides is 2. The molecule has 0 aliphatic heterocycles. The predicted molar refractivity (Wildman–Crippen MR) is 189 cm³/mol. The Kier molecular flexibility index (Phi) is 14.1. The third-order valence-corrected chi connectivity index (χ3v) is 11.1. The second-order valence-corrected chi connectivity index (χ2v) is 16.3. The van der Waals surface area contributed by atoms with Crippen LogP contribution < -0.4 is 20.5 Å². The maximum absolute atomic E-state index is 13.2. The van der Waals surface area contributed by atoms with Crippen LogP contribution in [0.1, 0.15) is 42.4 Å². The number of aromatic nitrogens is 2. The van der Waals surface area contributed by atoms with E-state index >= 15 is 0 Å². The number of anilines is 2. The van der Waals surface area contributed by atoms with E-state index < -0.39 is 60.6 Å². The molecule has 1 heterocycles. The SMILES string of the molecule is NS(=O)(=O)c1ccc(CCNc2nc(NCC3CCC(CNS(=O)(=O)c4cc(C(F)(F)F)cc(C(F)(F)F)c4)CC3)nc3ccccc23)cc1.O=C(O)C(F)(F)F. The number of para-hydroxylation sites is 1. The van der Waals surface area contributed by atoms with Gasteiger partial charge in [0.2, 0.25) is 26.0 Å². The van der Waals surface area contributed by atoms with E-state index in [1.807, 2.05) is 24.3 Å². The van der Waals surface area contributed by atoms with E-state index in [-0.39, 0.29) is 41.5 Å². The molecular weight excluding hydrogens is 824 g/mol. The second kappa shape index (κ2) is 17.8. The molecule has 1 saturated carbocycles. The molecular formula is C34H35F9N6O6S2. The Morgan fingerprint density at radius 3 is 1.77 bits per heavy atom. The van der Waals surface area contributed by atoms with Crippen LogP contribution in [-0.2, 0) is 43.6 Å². The van der Waals surface area contributed by atoms with E-state index in [9.17, 15) is 56.3 Å². The number of halogens is 9. The first kappa shape index (κ1) is 45.0. The molecule has 0 spiro atoms. The van der Waals surface area contributed by atoms with Gasteiger partial charge in [-0.3, -0.25) is 0 Å². The van der Waals surface area contributed by atoms with Crippen molar-refractivity contribution in [3.63, 3.8) is 0 Å². The molecule has 3 aromatic carbocycles. The zero-order valence-corrected chi connectivity index (χ0v) is 31.0. The third kappa shape index (κ3) is 13.1. The lowest BCUT2D eigenvalue weighted by atomic mass is 9.82. The Balaban J connectivity index is 0.000000940. The topological polar surface area (TPSA) is 193 Å². The van der Waals surface area contributed by atoms with Gasteiger partial charge in [-0.2, -0.15) is 44.5 Å². The number of nitrogens with one attached hydrogen (secondary N) is 3. The molecule has 0 unspecified atom stereocenters. The average Bonchev–Trinajstić information content (AvgIpc) is 3.12. The maximum atomic E-state index is 13.2. The molecule has 1 aromatic heterocycles. The smallest absolute Gasteiger partial charge is 0.475 e. The average molecular weight is 859 g/mol. The van der Waals surface area contributed by atoms with Gasteiger partial charge in [0.15, 0.2) is 0 Å². The Labute approximate surface area is 320 Å². The molecule has 0 saturated heterocycles. The predicted octanol–water partition coefficient (Wildman–Crippen LogP) is 6.80. The van der Waals surface area contributed by atoms with E-state index in [1.54, 1.807) is 12.1 Å². The molecule has 57 heavy (non-hydrogen) atoms. The summed E-state index contributed by atoms with van der Waals surface area (Å²) in [6.07, 6.45) is -12.2. The number of carbonyl (C=O) groups is 1. The number of alkyl halides is 9. The van der Waals surface area contributed by atoms with Gasteiger partial charge in [0.25, 0.3) is 0 Å². The van der Waals surface area contributed by atoms with Crippen LogP contribution in [0.4, 0.5) is 51.3 Å². The summed E-state index contributed by atoms with van der Waals surface area (Å²) in [6.45, 7) is 0.899. The molecule has 4 aromatic rings. The number of rotatable bonds is 12. The van der Waals surface area contributed by atoms with Gasteiger partial charge in [0.05, 0.1) is 26.4 Å². The Morgan fingerprint density at radius 2 is 1.26 bits per heavy atom. The molecule has 312 valence electrons. The van der Waals surface area contributed by atoms with Crippen molar-refractivity contribution >= 4 is 48.7 Å². The lowest BCUT2D eigenvalue weighted by Gasteiger charge is -2.28. The highest BCUT2D eigenvalue weighted by Gasteiger charge is 2.39. The van der Waals surface area contributed by atoms with Crippen LogP contribution in [0.25, 0.3) is 10.9 Å². The fraction of sp³-hybridized carbons (Fsp3) is 0.382. The largest absolute Gasteiger partial charge is 0.490 e. The minimum atomic E-state index is -5.16. The van der Waals surface area contributed by atoms with Gasteiger partial charge in [-0.1, -0.05) is 24.3 Å². The van der Waals surface area contributed by atoms with Crippen LogP contribution >= 0.6 is 0 Å². The number of nitrogens with zero attached hydrogens (tertiary/aromatic N) is 2.